The molecule has 1 aromatic carbocycles. The number of allylic oxidation sites excluding steroid dienone is 2. The molecule has 16 heavy (non-hydrogen) atoms. The van der Waals surface area contributed by atoms with Gasteiger partial charge in [-0.15, -0.1) is 0 Å². The van der Waals surface area contributed by atoms with E-state index in [1.54, 1.807) is 6.26 Å². The SMILES string of the molecule is CCCOc1ccccc1C1=[C]OC=CC1. The van der Waals surface area contributed by atoms with Gasteiger partial charge < -0.3 is 9.47 Å². The molecule has 1 aliphatic rings. The van der Waals surface area contributed by atoms with Crippen molar-refractivity contribution in [3.05, 3.63) is 48.4 Å². The Morgan fingerprint density at radius 1 is 1.38 bits per heavy atom. The van der Waals surface area contributed by atoms with Crippen molar-refractivity contribution in [2.45, 2.75) is 19.8 Å². The fourth-order valence-corrected chi connectivity index (χ4v) is 1.58. The van der Waals surface area contributed by atoms with Crippen molar-refractivity contribution < 1.29 is 9.47 Å². The summed E-state index contributed by atoms with van der Waals surface area (Å²) in [6.45, 7) is 2.83. The van der Waals surface area contributed by atoms with E-state index in [9.17, 15) is 0 Å². The van der Waals surface area contributed by atoms with Gasteiger partial charge in [0.05, 0.1) is 12.9 Å². The van der Waals surface area contributed by atoms with Crippen molar-refractivity contribution in [2.24, 2.45) is 0 Å². The predicted octanol–water partition coefficient (Wildman–Crippen LogP) is 3.55. The van der Waals surface area contributed by atoms with Crippen LogP contribution in [0.4, 0.5) is 0 Å². The molecule has 0 bridgehead atoms. The Balaban J connectivity index is 2.21. The third-order valence-corrected chi connectivity index (χ3v) is 2.34. The minimum absolute atomic E-state index is 0.737. The summed E-state index contributed by atoms with van der Waals surface area (Å²) in [5, 5.41) is 0. The Hall–Kier alpha value is -1.70. The molecular formula is C14H15O2. The molecular weight excluding hydrogens is 200 g/mol. The van der Waals surface area contributed by atoms with Gasteiger partial charge in [-0.1, -0.05) is 25.1 Å². The molecule has 0 N–H and O–H groups in total. The standard InChI is InChI=1S/C14H15O2/c1-2-9-16-14-8-4-3-7-13(14)12-6-5-10-15-11-12/h3-5,7-8,10H,2,6,9H2,1H3. The van der Waals surface area contributed by atoms with Crippen LogP contribution in [0.1, 0.15) is 25.3 Å². The molecule has 2 heteroatoms. The first kappa shape index (κ1) is 10.8. The summed E-state index contributed by atoms with van der Waals surface area (Å²) in [7, 11) is 0. The van der Waals surface area contributed by atoms with Crippen molar-refractivity contribution >= 4 is 5.57 Å². The maximum Gasteiger partial charge on any atom is 0.173 e. The second kappa shape index (κ2) is 5.40. The highest BCUT2D eigenvalue weighted by Crippen LogP contribution is 2.29. The highest BCUT2D eigenvalue weighted by molar-refractivity contribution is 5.69. The van der Waals surface area contributed by atoms with Crippen molar-refractivity contribution in [3.63, 3.8) is 0 Å². The minimum Gasteiger partial charge on any atom is -0.493 e. The molecule has 0 fully saturated rings. The number of rotatable bonds is 4. The van der Waals surface area contributed by atoms with Crippen LogP contribution in [0.15, 0.2) is 36.6 Å². The molecule has 0 atom stereocenters. The van der Waals surface area contributed by atoms with Crippen molar-refractivity contribution in [3.8, 4) is 5.75 Å². The summed E-state index contributed by atoms with van der Waals surface area (Å²) in [6, 6.07) is 8.00. The second-order valence-corrected chi connectivity index (χ2v) is 3.62. The van der Waals surface area contributed by atoms with Crippen LogP contribution in [0.2, 0.25) is 0 Å². The first-order chi connectivity index (χ1) is 7.92. The van der Waals surface area contributed by atoms with Crippen LogP contribution in [-0.2, 0) is 4.74 Å². The van der Waals surface area contributed by atoms with E-state index in [1.807, 2.05) is 30.3 Å². The maximum atomic E-state index is 5.70. The molecule has 2 nitrogen and oxygen atoms in total. The average Bonchev–Trinajstić information content (AvgIpc) is 2.38. The zero-order chi connectivity index (χ0) is 11.2. The molecule has 1 aliphatic heterocycles. The van der Waals surface area contributed by atoms with Gasteiger partial charge in [0.2, 0.25) is 0 Å². The van der Waals surface area contributed by atoms with Gasteiger partial charge in [-0.05, 0) is 25.0 Å². The van der Waals surface area contributed by atoms with E-state index in [0.29, 0.717) is 0 Å². The zero-order valence-electron chi connectivity index (χ0n) is 9.40. The van der Waals surface area contributed by atoms with Gasteiger partial charge in [0.15, 0.2) is 6.26 Å². The van der Waals surface area contributed by atoms with E-state index in [4.69, 9.17) is 9.47 Å². The summed E-state index contributed by atoms with van der Waals surface area (Å²) in [5.74, 6) is 0.908. The monoisotopic (exact) mass is 215 g/mol. The molecule has 1 radical (unpaired) electrons. The molecule has 0 unspecified atom stereocenters. The van der Waals surface area contributed by atoms with Gasteiger partial charge in [0.1, 0.15) is 5.75 Å². The molecule has 1 heterocycles. The highest BCUT2D eigenvalue weighted by atomic mass is 16.5. The Morgan fingerprint density at radius 3 is 3.00 bits per heavy atom. The van der Waals surface area contributed by atoms with E-state index in [1.165, 1.54) is 0 Å². The Labute approximate surface area is 96.2 Å². The second-order valence-electron chi connectivity index (χ2n) is 3.62. The lowest BCUT2D eigenvalue weighted by Gasteiger charge is -2.13. The number of hydrogen-bond donors (Lipinski definition) is 0. The van der Waals surface area contributed by atoms with Crippen LogP contribution >= 0.6 is 0 Å². The first-order valence-electron chi connectivity index (χ1n) is 5.56. The van der Waals surface area contributed by atoms with Gasteiger partial charge >= 0.3 is 0 Å². The third kappa shape index (κ3) is 2.45. The van der Waals surface area contributed by atoms with E-state index in [2.05, 4.69) is 13.2 Å². The summed E-state index contributed by atoms with van der Waals surface area (Å²) in [5.41, 5.74) is 2.11. The van der Waals surface area contributed by atoms with Gasteiger partial charge in [-0.2, -0.15) is 0 Å². The summed E-state index contributed by atoms with van der Waals surface area (Å²) in [4.78, 5) is 0. The summed E-state index contributed by atoms with van der Waals surface area (Å²) >= 11 is 0. The highest BCUT2D eigenvalue weighted by Gasteiger charge is 2.10. The van der Waals surface area contributed by atoms with Gasteiger partial charge in [0, 0.05) is 11.1 Å². The molecule has 0 saturated carbocycles. The summed E-state index contributed by atoms with van der Waals surface area (Å²) in [6.07, 6.45) is 8.38. The molecule has 0 spiro atoms. The molecule has 0 saturated heterocycles. The van der Waals surface area contributed by atoms with Gasteiger partial charge in [-0.3, -0.25) is 0 Å². The van der Waals surface area contributed by atoms with Gasteiger partial charge in [-0.25, -0.2) is 0 Å². The van der Waals surface area contributed by atoms with E-state index < -0.39 is 0 Å². The van der Waals surface area contributed by atoms with Crippen LogP contribution in [0.5, 0.6) is 5.75 Å². The van der Waals surface area contributed by atoms with Crippen molar-refractivity contribution in [1.82, 2.24) is 0 Å². The Morgan fingerprint density at radius 2 is 2.25 bits per heavy atom. The van der Waals surface area contributed by atoms with Crippen molar-refractivity contribution in [1.29, 1.82) is 0 Å². The number of benzene rings is 1. The van der Waals surface area contributed by atoms with Crippen LogP contribution in [0.25, 0.3) is 5.57 Å². The van der Waals surface area contributed by atoms with E-state index in [-0.39, 0.29) is 0 Å². The fraction of sp³-hybridized carbons (Fsp3) is 0.286. The van der Waals surface area contributed by atoms with Crippen molar-refractivity contribution in [2.75, 3.05) is 6.61 Å². The normalized spacial score (nSPS) is 14.2. The first-order valence-corrected chi connectivity index (χ1v) is 5.56. The van der Waals surface area contributed by atoms with Crippen LogP contribution in [-0.4, -0.2) is 6.61 Å². The molecule has 1 aromatic rings. The Kier molecular flexibility index (Phi) is 3.65. The third-order valence-electron chi connectivity index (χ3n) is 2.34. The maximum absolute atomic E-state index is 5.70. The van der Waals surface area contributed by atoms with E-state index >= 15 is 0 Å². The number of para-hydroxylation sites is 1. The molecule has 2 rings (SSSR count). The van der Waals surface area contributed by atoms with E-state index in [0.717, 1.165) is 36.3 Å². The summed E-state index contributed by atoms with van der Waals surface area (Å²) < 4.78 is 10.8. The lowest BCUT2D eigenvalue weighted by Crippen LogP contribution is -1.99. The predicted molar refractivity (Wildman–Crippen MR) is 63.7 cm³/mol. The quantitative estimate of drug-likeness (QED) is 0.764. The zero-order valence-corrected chi connectivity index (χ0v) is 9.40. The molecule has 0 aromatic heterocycles. The fourth-order valence-electron chi connectivity index (χ4n) is 1.58. The molecule has 0 amide bonds. The smallest absolute Gasteiger partial charge is 0.173 e. The molecule has 83 valence electrons. The average molecular weight is 215 g/mol. The van der Waals surface area contributed by atoms with Gasteiger partial charge in [0.25, 0.3) is 0 Å². The minimum atomic E-state index is 0.737. The Bertz CT molecular complexity index is 405. The topological polar surface area (TPSA) is 18.5 Å². The largest absolute Gasteiger partial charge is 0.493 e. The number of hydrogen-bond acceptors (Lipinski definition) is 2. The van der Waals surface area contributed by atoms with Crippen LogP contribution in [0, 0.1) is 6.26 Å². The van der Waals surface area contributed by atoms with Crippen LogP contribution < -0.4 is 4.74 Å². The number of ether oxygens (including phenoxy) is 2. The lowest BCUT2D eigenvalue weighted by atomic mass is 10.0. The lowest BCUT2D eigenvalue weighted by molar-refractivity contribution is 0.316. The molecule has 0 aliphatic carbocycles. The van der Waals surface area contributed by atoms with Crippen LogP contribution in [0.3, 0.4) is 0 Å².